The van der Waals surface area contributed by atoms with E-state index >= 15 is 0 Å². The molecule has 0 aromatic heterocycles. The third-order valence-corrected chi connectivity index (χ3v) is 4.67. The van der Waals surface area contributed by atoms with Crippen molar-refractivity contribution < 1.29 is 0 Å². The molecule has 0 aromatic carbocycles. The average molecular weight is 257 g/mol. The van der Waals surface area contributed by atoms with Gasteiger partial charge in [0.05, 0.1) is 0 Å². The molecule has 0 aromatic rings. The van der Waals surface area contributed by atoms with E-state index in [1.807, 2.05) is 0 Å². The Labute approximate surface area is 113 Å². The standard InChI is InChI=1S/C15H31NS/c1-2-3-4-5-6-7-8-9-10-11-12-16-13-14-17-15-16/h2-15H2,1H3. The molecule has 0 unspecified atom stereocenters. The average Bonchev–Trinajstić information content (AvgIpc) is 2.85. The van der Waals surface area contributed by atoms with E-state index in [0.29, 0.717) is 0 Å². The predicted octanol–water partition coefficient (Wildman–Crippen LogP) is 4.91. The van der Waals surface area contributed by atoms with E-state index in [0.717, 1.165) is 0 Å². The molecule has 0 aliphatic carbocycles. The molecule has 0 bridgehead atoms. The van der Waals surface area contributed by atoms with Crippen LogP contribution in [0.3, 0.4) is 0 Å². The molecular formula is C15H31NS. The van der Waals surface area contributed by atoms with E-state index in [2.05, 4.69) is 23.6 Å². The number of rotatable bonds is 11. The monoisotopic (exact) mass is 257 g/mol. The van der Waals surface area contributed by atoms with Gasteiger partial charge in [0.15, 0.2) is 0 Å². The first kappa shape index (κ1) is 15.4. The fraction of sp³-hybridized carbons (Fsp3) is 1.00. The normalized spacial score (nSPS) is 16.8. The molecule has 0 spiro atoms. The second kappa shape index (κ2) is 11.4. The molecule has 1 nitrogen and oxygen atoms in total. The van der Waals surface area contributed by atoms with Gasteiger partial charge in [-0.15, -0.1) is 11.8 Å². The largest absolute Gasteiger partial charge is 0.293 e. The summed E-state index contributed by atoms with van der Waals surface area (Å²) in [5, 5.41) is 0. The first-order chi connectivity index (χ1) is 8.43. The molecule has 17 heavy (non-hydrogen) atoms. The van der Waals surface area contributed by atoms with Crippen molar-refractivity contribution in [1.82, 2.24) is 4.90 Å². The van der Waals surface area contributed by atoms with Crippen LogP contribution < -0.4 is 0 Å². The SMILES string of the molecule is CCCCCCCCCCCCN1CCSC1. The molecule has 0 N–H and O–H groups in total. The lowest BCUT2D eigenvalue weighted by molar-refractivity contribution is 0.343. The minimum absolute atomic E-state index is 1.29. The number of nitrogens with zero attached hydrogens (tertiary/aromatic N) is 1. The summed E-state index contributed by atoms with van der Waals surface area (Å²) >= 11 is 2.09. The minimum Gasteiger partial charge on any atom is -0.293 e. The van der Waals surface area contributed by atoms with Gasteiger partial charge >= 0.3 is 0 Å². The number of thioether (sulfide) groups is 1. The highest BCUT2D eigenvalue weighted by Gasteiger charge is 2.10. The molecule has 1 aliphatic rings. The molecule has 0 atom stereocenters. The summed E-state index contributed by atoms with van der Waals surface area (Å²) in [4.78, 5) is 2.61. The topological polar surface area (TPSA) is 3.24 Å². The van der Waals surface area contributed by atoms with E-state index < -0.39 is 0 Å². The van der Waals surface area contributed by atoms with Crippen LogP contribution in [0.5, 0.6) is 0 Å². The van der Waals surface area contributed by atoms with Crippen molar-refractivity contribution in [3.63, 3.8) is 0 Å². The van der Waals surface area contributed by atoms with Gasteiger partial charge in [0.25, 0.3) is 0 Å². The smallest absolute Gasteiger partial charge is 0.0445 e. The fourth-order valence-corrected chi connectivity index (χ4v) is 3.48. The third-order valence-electron chi connectivity index (χ3n) is 3.65. The highest BCUT2D eigenvalue weighted by atomic mass is 32.2. The van der Waals surface area contributed by atoms with Crippen LogP contribution in [-0.2, 0) is 0 Å². The quantitative estimate of drug-likeness (QED) is 0.484. The van der Waals surface area contributed by atoms with Gasteiger partial charge in [0, 0.05) is 18.2 Å². The van der Waals surface area contributed by atoms with Crippen LogP contribution in [0, 0.1) is 0 Å². The van der Waals surface area contributed by atoms with Gasteiger partial charge in [0.1, 0.15) is 0 Å². The Hall–Kier alpha value is 0.310. The summed E-state index contributed by atoms with van der Waals surface area (Å²) in [5.41, 5.74) is 0. The zero-order valence-electron chi connectivity index (χ0n) is 11.8. The minimum atomic E-state index is 1.29. The maximum absolute atomic E-state index is 2.61. The Morgan fingerprint density at radius 2 is 1.41 bits per heavy atom. The molecule has 1 saturated heterocycles. The van der Waals surface area contributed by atoms with Crippen LogP contribution >= 0.6 is 11.8 Å². The van der Waals surface area contributed by atoms with Crippen LogP contribution in [0.1, 0.15) is 71.1 Å². The highest BCUT2D eigenvalue weighted by Crippen LogP contribution is 2.15. The maximum atomic E-state index is 2.61. The summed E-state index contributed by atoms with van der Waals surface area (Å²) in [5.74, 6) is 2.65. The summed E-state index contributed by atoms with van der Waals surface area (Å²) in [6.45, 7) is 4.98. The highest BCUT2D eigenvalue weighted by molar-refractivity contribution is 7.99. The van der Waals surface area contributed by atoms with Crippen LogP contribution in [0.25, 0.3) is 0 Å². The first-order valence-corrected chi connectivity index (χ1v) is 8.89. The molecule has 0 amide bonds. The maximum Gasteiger partial charge on any atom is 0.0445 e. The van der Waals surface area contributed by atoms with E-state index in [-0.39, 0.29) is 0 Å². The molecule has 0 saturated carbocycles. The van der Waals surface area contributed by atoms with E-state index in [4.69, 9.17) is 0 Å². The molecule has 0 radical (unpaired) electrons. The molecule has 2 heteroatoms. The van der Waals surface area contributed by atoms with Gasteiger partial charge in [-0.25, -0.2) is 0 Å². The lowest BCUT2D eigenvalue weighted by Gasteiger charge is -2.12. The molecule has 102 valence electrons. The van der Waals surface area contributed by atoms with Crippen LogP contribution in [0.2, 0.25) is 0 Å². The lowest BCUT2D eigenvalue weighted by atomic mass is 10.1. The van der Waals surface area contributed by atoms with Gasteiger partial charge in [-0.2, -0.15) is 0 Å². The summed E-state index contributed by atoms with van der Waals surface area (Å²) < 4.78 is 0. The van der Waals surface area contributed by atoms with Crippen molar-refractivity contribution in [3.05, 3.63) is 0 Å². The second-order valence-corrected chi connectivity index (χ2v) is 6.41. The Kier molecular flexibility index (Phi) is 10.3. The number of hydrogen-bond donors (Lipinski definition) is 0. The summed E-state index contributed by atoms with van der Waals surface area (Å²) in [7, 11) is 0. The molecule has 1 heterocycles. The number of unbranched alkanes of at least 4 members (excludes halogenated alkanes) is 9. The molecule has 1 aliphatic heterocycles. The van der Waals surface area contributed by atoms with Crippen LogP contribution in [0.4, 0.5) is 0 Å². The predicted molar refractivity (Wildman–Crippen MR) is 80.7 cm³/mol. The van der Waals surface area contributed by atoms with Crippen molar-refractivity contribution in [3.8, 4) is 0 Å². The Balaban J connectivity index is 1.69. The molecule has 1 fully saturated rings. The van der Waals surface area contributed by atoms with Gasteiger partial charge in [-0.3, -0.25) is 4.90 Å². The van der Waals surface area contributed by atoms with E-state index in [1.165, 1.54) is 88.9 Å². The third kappa shape index (κ3) is 8.96. The Morgan fingerprint density at radius 1 is 0.824 bits per heavy atom. The van der Waals surface area contributed by atoms with Crippen molar-refractivity contribution in [2.45, 2.75) is 71.1 Å². The first-order valence-electron chi connectivity index (χ1n) is 7.73. The van der Waals surface area contributed by atoms with Gasteiger partial charge in [-0.05, 0) is 13.0 Å². The van der Waals surface area contributed by atoms with E-state index in [1.54, 1.807) is 0 Å². The summed E-state index contributed by atoms with van der Waals surface area (Å²) in [6.07, 6.45) is 14.5. The second-order valence-electron chi connectivity index (χ2n) is 5.34. The van der Waals surface area contributed by atoms with Crippen molar-refractivity contribution in [2.75, 3.05) is 24.7 Å². The zero-order valence-corrected chi connectivity index (χ0v) is 12.6. The van der Waals surface area contributed by atoms with Crippen LogP contribution in [0.15, 0.2) is 0 Å². The van der Waals surface area contributed by atoms with Crippen LogP contribution in [-0.4, -0.2) is 29.6 Å². The molecule has 1 rings (SSSR count). The van der Waals surface area contributed by atoms with Gasteiger partial charge < -0.3 is 0 Å². The summed E-state index contributed by atoms with van der Waals surface area (Å²) in [6, 6.07) is 0. The zero-order chi connectivity index (χ0) is 12.2. The Morgan fingerprint density at radius 3 is 1.94 bits per heavy atom. The Bertz CT molecular complexity index is 155. The van der Waals surface area contributed by atoms with Gasteiger partial charge in [0.2, 0.25) is 0 Å². The van der Waals surface area contributed by atoms with Crippen molar-refractivity contribution >= 4 is 11.8 Å². The van der Waals surface area contributed by atoms with Gasteiger partial charge in [-0.1, -0.05) is 64.7 Å². The van der Waals surface area contributed by atoms with Crippen molar-refractivity contribution in [1.29, 1.82) is 0 Å². The lowest BCUT2D eigenvalue weighted by Crippen LogP contribution is -2.20. The van der Waals surface area contributed by atoms with Crippen molar-refractivity contribution in [2.24, 2.45) is 0 Å². The van der Waals surface area contributed by atoms with E-state index in [9.17, 15) is 0 Å². The number of hydrogen-bond acceptors (Lipinski definition) is 2. The molecular weight excluding hydrogens is 226 g/mol. The fourth-order valence-electron chi connectivity index (χ4n) is 2.45.